The summed E-state index contributed by atoms with van der Waals surface area (Å²) < 4.78 is 7.81. The molecule has 1 aliphatic rings. The molecule has 2 aromatic carbocycles. The molecular weight excluding hydrogens is 316 g/mol. The van der Waals surface area contributed by atoms with Crippen molar-refractivity contribution in [3.63, 3.8) is 0 Å². The number of carbonyl (C=O) groups is 2. The van der Waals surface area contributed by atoms with E-state index >= 15 is 0 Å². The number of hydrogen-bond acceptors (Lipinski definition) is 3. The fourth-order valence-electron chi connectivity index (χ4n) is 3.03. The highest BCUT2D eigenvalue weighted by Gasteiger charge is 2.25. The Morgan fingerprint density at radius 2 is 1.88 bits per heavy atom. The van der Waals surface area contributed by atoms with E-state index in [1.54, 1.807) is 0 Å². The summed E-state index contributed by atoms with van der Waals surface area (Å²) in [6.45, 7) is 0.468. The van der Waals surface area contributed by atoms with E-state index in [0.717, 1.165) is 22.0 Å². The number of fused-ring (bicyclic) bond motifs is 1. The molecule has 1 aliphatic heterocycles. The smallest absolute Gasteiger partial charge is 0.258 e. The summed E-state index contributed by atoms with van der Waals surface area (Å²) in [5.41, 5.74) is 3.16. The van der Waals surface area contributed by atoms with E-state index in [2.05, 4.69) is 5.32 Å². The van der Waals surface area contributed by atoms with Crippen LogP contribution in [0.2, 0.25) is 0 Å². The van der Waals surface area contributed by atoms with E-state index in [0.29, 0.717) is 17.9 Å². The lowest BCUT2D eigenvalue weighted by molar-refractivity contribution is -0.123. The summed E-state index contributed by atoms with van der Waals surface area (Å²) in [5.74, 6) is -0.0317. The van der Waals surface area contributed by atoms with Gasteiger partial charge in [-0.25, -0.2) is 0 Å². The number of rotatable bonds is 4. The van der Waals surface area contributed by atoms with Crippen LogP contribution >= 0.6 is 0 Å². The molecule has 0 radical (unpaired) electrons. The minimum Gasteiger partial charge on any atom is -0.489 e. The van der Waals surface area contributed by atoms with Crippen molar-refractivity contribution in [2.45, 2.75) is 6.61 Å². The highest BCUT2D eigenvalue weighted by Crippen LogP contribution is 2.31. The van der Waals surface area contributed by atoms with Crippen LogP contribution in [0.1, 0.15) is 11.1 Å². The fourth-order valence-corrected chi connectivity index (χ4v) is 3.03. The number of amides is 2. The summed E-state index contributed by atoms with van der Waals surface area (Å²) in [4.78, 5) is 23.5. The van der Waals surface area contributed by atoms with Gasteiger partial charge in [-0.1, -0.05) is 30.3 Å². The number of hydrogen-bond donors (Lipinski definition) is 1. The summed E-state index contributed by atoms with van der Waals surface area (Å²) in [5, 5.41) is 3.17. The highest BCUT2D eigenvalue weighted by atomic mass is 16.5. The molecule has 124 valence electrons. The molecule has 0 saturated heterocycles. The topological polar surface area (TPSA) is 60.3 Å². The van der Waals surface area contributed by atoms with Gasteiger partial charge in [0.25, 0.3) is 11.8 Å². The van der Waals surface area contributed by atoms with Crippen molar-refractivity contribution in [3.05, 3.63) is 71.9 Å². The first-order chi connectivity index (χ1) is 12.1. The highest BCUT2D eigenvalue weighted by molar-refractivity contribution is 6.35. The lowest BCUT2D eigenvalue weighted by Crippen LogP contribution is -2.21. The number of ether oxygens (including phenoxy) is 1. The zero-order chi connectivity index (χ0) is 17.4. The first-order valence-electron chi connectivity index (χ1n) is 7.95. The third-order valence-electron chi connectivity index (χ3n) is 4.26. The molecule has 4 rings (SSSR count). The minimum absolute atomic E-state index is 0.367. The zero-order valence-corrected chi connectivity index (χ0v) is 13.7. The van der Waals surface area contributed by atoms with Crippen molar-refractivity contribution in [1.29, 1.82) is 0 Å². The van der Waals surface area contributed by atoms with Crippen LogP contribution in [-0.2, 0) is 23.2 Å². The van der Waals surface area contributed by atoms with Crippen LogP contribution in [0.5, 0.6) is 5.75 Å². The molecule has 0 atom stereocenters. The van der Waals surface area contributed by atoms with Gasteiger partial charge in [0.05, 0.1) is 5.57 Å². The van der Waals surface area contributed by atoms with Gasteiger partial charge in [0.1, 0.15) is 12.4 Å². The molecule has 5 heteroatoms. The van der Waals surface area contributed by atoms with Crippen molar-refractivity contribution in [3.8, 4) is 5.75 Å². The van der Waals surface area contributed by atoms with Crippen molar-refractivity contribution in [2.75, 3.05) is 0 Å². The van der Waals surface area contributed by atoms with Gasteiger partial charge in [0.2, 0.25) is 0 Å². The maximum atomic E-state index is 12.0. The molecule has 2 heterocycles. The molecule has 1 N–H and O–H groups in total. The number of imide groups is 1. The lowest BCUT2D eigenvalue weighted by Gasteiger charge is -2.07. The second-order valence-corrected chi connectivity index (χ2v) is 5.98. The van der Waals surface area contributed by atoms with Crippen LogP contribution in [0.3, 0.4) is 0 Å². The molecule has 0 fully saturated rings. The Morgan fingerprint density at radius 3 is 2.60 bits per heavy atom. The van der Waals surface area contributed by atoms with E-state index in [-0.39, 0.29) is 11.8 Å². The molecule has 0 bridgehead atoms. The Hall–Kier alpha value is -3.34. The second-order valence-electron chi connectivity index (χ2n) is 5.98. The third-order valence-corrected chi connectivity index (χ3v) is 4.26. The number of benzene rings is 2. The Balaban J connectivity index is 1.70. The van der Waals surface area contributed by atoms with Crippen LogP contribution < -0.4 is 10.1 Å². The van der Waals surface area contributed by atoms with E-state index in [1.807, 2.05) is 66.3 Å². The summed E-state index contributed by atoms with van der Waals surface area (Å²) in [6.07, 6.45) is 3.20. The van der Waals surface area contributed by atoms with Crippen molar-refractivity contribution in [1.82, 2.24) is 9.88 Å². The molecule has 0 saturated carbocycles. The number of aromatic nitrogens is 1. The largest absolute Gasteiger partial charge is 0.489 e. The Labute approximate surface area is 144 Å². The van der Waals surface area contributed by atoms with Crippen molar-refractivity contribution < 1.29 is 14.3 Å². The fraction of sp³-hybridized carbons (Fsp3) is 0.100. The molecule has 3 aromatic rings. The summed E-state index contributed by atoms with van der Waals surface area (Å²) in [6, 6.07) is 15.7. The lowest BCUT2D eigenvalue weighted by atomic mass is 10.1. The third kappa shape index (κ3) is 2.80. The van der Waals surface area contributed by atoms with Crippen LogP contribution in [-0.4, -0.2) is 16.4 Å². The Morgan fingerprint density at radius 1 is 1.08 bits per heavy atom. The molecule has 5 nitrogen and oxygen atoms in total. The number of aryl methyl sites for hydroxylation is 1. The van der Waals surface area contributed by atoms with Crippen LogP contribution in [0.4, 0.5) is 0 Å². The molecule has 0 unspecified atom stereocenters. The molecule has 25 heavy (non-hydrogen) atoms. The number of carbonyl (C=O) groups excluding carboxylic acids is 2. The molecule has 0 spiro atoms. The van der Waals surface area contributed by atoms with E-state index < -0.39 is 0 Å². The average molecular weight is 332 g/mol. The second kappa shape index (κ2) is 5.94. The minimum atomic E-state index is -0.381. The van der Waals surface area contributed by atoms with Gasteiger partial charge in [-0.15, -0.1) is 0 Å². The number of nitrogens with zero attached hydrogens (tertiary/aromatic N) is 1. The summed E-state index contributed by atoms with van der Waals surface area (Å²) >= 11 is 0. The SMILES string of the molecule is Cn1cc(C2=CC(=O)NC2=O)c2cc(OCc3ccccc3)ccc21. The zero-order valence-electron chi connectivity index (χ0n) is 13.7. The van der Waals surface area contributed by atoms with Gasteiger partial charge in [0, 0.05) is 35.8 Å². The van der Waals surface area contributed by atoms with E-state index in [4.69, 9.17) is 4.74 Å². The van der Waals surface area contributed by atoms with Gasteiger partial charge in [-0.3, -0.25) is 14.9 Å². The Bertz CT molecular complexity index is 1020. The van der Waals surface area contributed by atoms with Gasteiger partial charge in [-0.2, -0.15) is 0 Å². The van der Waals surface area contributed by atoms with Crippen LogP contribution in [0, 0.1) is 0 Å². The van der Waals surface area contributed by atoms with Crippen LogP contribution in [0.15, 0.2) is 60.8 Å². The van der Waals surface area contributed by atoms with Crippen molar-refractivity contribution in [2.24, 2.45) is 7.05 Å². The van der Waals surface area contributed by atoms with Gasteiger partial charge in [0.15, 0.2) is 0 Å². The predicted octanol–water partition coefficient (Wildman–Crippen LogP) is 2.80. The summed E-state index contributed by atoms with van der Waals surface area (Å²) in [7, 11) is 1.91. The normalized spacial score (nSPS) is 13.9. The van der Waals surface area contributed by atoms with Gasteiger partial charge >= 0.3 is 0 Å². The standard InChI is InChI=1S/C20H16N2O3/c1-22-11-17(16-10-19(23)21-20(16)24)15-9-14(7-8-18(15)22)25-12-13-5-3-2-4-6-13/h2-11H,12H2,1H3,(H,21,23,24). The van der Waals surface area contributed by atoms with E-state index in [9.17, 15) is 9.59 Å². The van der Waals surface area contributed by atoms with E-state index in [1.165, 1.54) is 6.08 Å². The number of nitrogens with one attached hydrogen (secondary N) is 1. The Kier molecular flexibility index (Phi) is 3.61. The van der Waals surface area contributed by atoms with Gasteiger partial charge in [-0.05, 0) is 23.8 Å². The van der Waals surface area contributed by atoms with Gasteiger partial charge < -0.3 is 9.30 Å². The predicted molar refractivity (Wildman–Crippen MR) is 94.8 cm³/mol. The maximum Gasteiger partial charge on any atom is 0.258 e. The van der Waals surface area contributed by atoms with Crippen LogP contribution in [0.25, 0.3) is 16.5 Å². The quantitative estimate of drug-likeness (QED) is 0.748. The first-order valence-corrected chi connectivity index (χ1v) is 7.95. The molecular formula is C20H16N2O3. The van der Waals surface area contributed by atoms with Crippen molar-refractivity contribution >= 4 is 28.3 Å². The maximum absolute atomic E-state index is 12.0. The molecule has 2 amide bonds. The monoisotopic (exact) mass is 332 g/mol. The average Bonchev–Trinajstić information content (AvgIpc) is 3.12. The molecule has 1 aromatic heterocycles. The molecule has 0 aliphatic carbocycles. The first kappa shape index (κ1) is 15.2.